The SMILES string of the molecule is Nc1ccc2c(c1)CN(C(=O)c1ccc3c(c1)CCO3)C2. The third-order valence-electron chi connectivity index (χ3n) is 4.18. The van der Waals surface area contributed by atoms with E-state index in [0.717, 1.165) is 34.5 Å². The van der Waals surface area contributed by atoms with E-state index >= 15 is 0 Å². The molecule has 0 radical (unpaired) electrons. The Balaban J connectivity index is 1.59. The van der Waals surface area contributed by atoms with E-state index in [4.69, 9.17) is 10.5 Å². The topological polar surface area (TPSA) is 55.6 Å². The molecule has 0 spiro atoms. The Morgan fingerprint density at radius 3 is 2.81 bits per heavy atom. The number of amides is 1. The van der Waals surface area contributed by atoms with Crippen LogP contribution in [0.5, 0.6) is 5.75 Å². The van der Waals surface area contributed by atoms with Crippen LogP contribution in [0.4, 0.5) is 5.69 Å². The van der Waals surface area contributed by atoms with Crippen LogP contribution >= 0.6 is 0 Å². The molecule has 0 unspecified atom stereocenters. The van der Waals surface area contributed by atoms with E-state index in [-0.39, 0.29) is 5.91 Å². The number of benzene rings is 2. The van der Waals surface area contributed by atoms with E-state index < -0.39 is 0 Å². The van der Waals surface area contributed by atoms with Crippen LogP contribution in [0.2, 0.25) is 0 Å². The Kier molecular flexibility index (Phi) is 2.64. The van der Waals surface area contributed by atoms with Gasteiger partial charge in [-0.2, -0.15) is 0 Å². The fraction of sp³-hybridized carbons (Fsp3) is 0.235. The van der Waals surface area contributed by atoms with Crippen LogP contribution in [0.15, 0.2) is 36.4 Å². The summed E-state index contributed by atoms with van der Waals surface area (Å²) < 4.78 is 5.48. The van der Waals surface area contributed by atoms with Crippen molar-refractivity contribution in [2.45, 2.75) is 19.5 Å². The molecule has 0 fully saturated rings. The van der Waals surface area contributed by atoms with E-state index in [9.17, 15) is 4.79 Å². The minimum atomic E-state index is 0.0690. The molecule has 2 N–H and O–H groups in total. The number of hydrogen-bond donors (Lipinski definition) is 1. The van der Waals surface area contributed by atoms with Crippen molar-refractivity contribution >= 4 is 11.6 Å². The highest BCUT2D eigenvalue weighted by molar-refractivity contribution is 5.95. The molecule has 21 heavy (non-hydrogen) atoms. The van der Waals surface area contributed by atoms with Gasteiger partial charge in [-0.1, -0.05) is 6.07 Å². The Labute approximate surface area is 123 Å². The lowest BCUT2D eigenvalue weighted by Crippen LogP contribution is -2.25. The molecule has 2 aliphatic rings. The smallest absolute Gasteiger partial charge is 0.254 e. The van der Waals surface area contributed by atoms with Gasteiger partial charge in [0.25, 0.3) is 5.91 Å². The lowest BCUT2D eigenvalue weighted by atomic mass is 10.1. The van der Waals surface area contributed by atoms with Gasteiger partial charge in [-0.3, -0.25) is 4.79 Å². The Bertz CT molecular complexity index is 740. The number of hydrogen-bond acceptors (Lipinski definition) is 3. The van der Waals surface area contributed by atoms with Crippen LogP contribution in [0, 0.1) is 0 Å². The summed E-state index contributed by atoms with van der Waals surface area (Å²) >= 11 is 0. The molecule has 1 amide bonds. The van der Waals surface area contributed by atoms with Crippen LogP contribution < -0.4 is 10.5 Å². The van der Waals surface area contributed by atoms with Gasteiger partial charge < -0.3 is 15.4 Å². The number of carbonyl (C=O) groups excluding carboxylic acids is 1. The maximum atomic E-state index is 12.7. The standard InChI is InChI=1S/C17H16N2O2/c18-15-3-1-13-9-19(10-14(13)8-15)17(20)12-2-4-16-11(7-12)5-6-21-16/h1-4,7-8H,5-6,9-10,18H2. The van der Waals surface area contributed by atoms with Crippen LogP contribution in [0.25, 0.3) is 0 Å². The minimum Gasteiger partial charge on any atom is -0.493 e. The van der Waals surface area contributed by atoms with Crippen LogP contribution in [-0.2, 0) is 19.5 Å². The third-order valence-corrected chi connectivity index (χ3v) is 4.18. The van der Waals surface area contributed by atoms with E-state index in [1.54, 1.807) is 0 Å². The summed E-state index contributed by atoms with van der Waals surface area (Å²) in [6.07, 6.45) is 0.882. The molecule has 106 valence electrons. The number of anilines is 1. The Morgan fingerprint density at radius 1 is 1.05 bits per heavy atom. The zero-order valence-corrected chi connectivity index (χ0v) is 11.6. The number of fused-ring (bicyclic) bond motifs is 2. The molecule has 0 aromatic heterocycles. The third kappa shape index (κ3) is 2.03. The first-order valence-corrected chi connectivity index (χ1v) is 7.13. The van der Waals surface area contributed by atoms with Crippen LogP contribution in [0.1, 0.15) is 27.0 Å². The molecule has 0 saturated heterocycles. The molecule has 0 saturated carbocycles. The van der Waals surface area contributed by atoms with Gasteiger partial charge in [0.1, 0.15) is 5.75 Å². The fourth-order valence-corrected chi connectivity index (χ4v) is 3.06. The molecule has 4 nitrogen and oxygen atoms in total. The van der Waals surface area contributed by atoms with Gasteiger partial charge in [0.05, 0.1) is 6.61 Å². The van der Waals surface area contributed by atoms with Gasteiger partial charge in [-0.05, 0) is 47.0 Å². The van der Waals surface area contributed by atoms with Gasteiger partial charge >= 0.3 is 0 Å². The number of nitrogen functional groups attached to an aromatic ring is 1. The first-order chi connectivity index (χ1) is 10.2. The molecule has 4 rings (SSSR count). The molecule has 2 heterocycles. The molecule has 2 aromatic carbocycles. The average molecular weight is 280 g/mol. The summed E-state index contributed by atoms with van der Waals surface area (Å²) in [5.74, 6) is 0.975. The molecule has 0 atom stereocenters. The van der Waals surface area contributed by atoms with Crippen LogP contribution in [-0.4, -0.2) is 17.4 Å². The minimum absolute atomic E-state index is 0.0690. The molecule has 2 aromatic rings. The van der Waals surface area contributed by atoms with Gasteiger partial charge in [0.15, 0.2) is 0 Å². The zero-order valence-electron chi connectivity index (χ0n) is 11.6. The highest BCUT2D eigenvalue weighted by Crippen LogP contribution is 2.29. The zero-order chi connectivity index (χ0) is 14.4. The maximum absolute atomic E-state index is 12.7. The number of carbonyl (C=O) groups is 1. The van der Waals surface area contributed by atoms with Gasteiger partial charge in [-0.15, -0.1) is 0 Å². The first-order valence-electron chi connectivity index (χ1n) is 7.13. The predicted molar refractivity (Wildman–Crippen MR) is 80.1 cm³/mol. The van der Waals surface area contributed by atoms with Crippen molar-refractivity contribution < 1.29 is 9.53 Å². The molecular weight excluding hydrogens is 264 g/mol. The number of nitrogens with two attached hydrogens (primary N) is 1. The molecule has 4 heteroatoms. The second kappa shape index (κ2) is 4.52. The van der Waals surface area contributed by atoms with Crippen molar-refractivity contribution in [3.05, 3.63) is 58.7 Å². The lowest BCUT2D eigenvalue weighted by Gasteiger charge is -2.15. The summed E-state index contributed by atoms with van der Waals surface area (Å²) in [5, 5.41) is 0. The number of ether oxygens (including phenoxy) is 1. The van der Waals surface area contributed by atoms with Crippen molar-refractivity contribution in [1.82, 2.24) is 4.90 Å². The Morgan fingerprint density at radius 2 is 1.90 bits per heavy atom. The largest absolute Gasteiger partial charge is 0.493 e. The van der Waals surface area contributed by atoms with Crippen molar-refractivity contribution in [1.29, 1.82) is 0 Å². The molecule has 0 aliphatic carbocycles. The average Bonchev–Trinajstić information content (AvgIpc) is 3.11. The van der Waals surface area contributed by atoms with Crippen molar-refractivity contribution in [2.75, 3.05) is 12.3 Å². The lowest BCUT2D eigenvalue weighted by molar-refractivity contribution is 0.0751. The summed E-state index contributed by atoms with van der Waals surface area (Å²) in [5.41, 5.74) is 10.7. The van der Waals surface area contributed by atoms with Crippen LogP contribution in [0.3, 0.4) is 0 Å². The van der Waals surface area contributed by atoms with E-state index in [1.807, 2.05) is 41.3 Å². The summed E-state index contributed by atoms with van der Waals surface area (Å²) in [6.45, 7) is 2.00. The Hall–Kier alpha value is -2.49. The van der Waals surface area contributed by atoms with Crippen molar-refractivity contribution in [2.24, 2.45) is 0 Å². The normalized spacial score (nSPS) is 15.5. The molecular formula is C17H16N2O2. The highest BCUT2D eigenvalue weighted by Gasteiger charge is 2.25. The van der Waals surface area contributed by atoms with Gasteiger partial charge in [-0.25, -0.2) is 0 Å². The number of nitrogens with zero attached hydrogens (tertiary/aromatic N) is 1. The van der Waals surface area contributed by atoms with E-state index in [1.165, 1.54) is 5.56 Å². The fourth-order valence-electron chi connectivity index (χ4n) is 3.06. The summed E-state index contributed by atoms with van der Waals surface area (Å²) in [7, 11) is 0. The predicted octanol–water partition coefficient (Wildman–Crippen LogP) is 2.36. The summed E-state index contributed by atoms with van der Waals surface area (Å²) in [4.78, 5) is 14.5. The van der Waals surface area contributed by atoms with Crippen molar-refractivity contribution in [3.8, 4) is 5.75 Å². The molecule has 2 aliphatic heterocycles. The monoisotopic (exact) mass is 280 g/mol. The summed E-state index contributed by atoms with van der Waals surface area (Å²) in [6, 6.07) is 11.6. The highest BCUT2D eigenvalue weighted by atomic mass is 16.5. The number of rotatable bonds is 1. The van der Waals surface area contributed by atoms with Gasteiger partial charge in [0.2, 0.25) is 0 Å². The molecule has 0 bridgehead atoms. The first kappa shape index (κ1) is 12.3. The second-order valence-electron chi connectivity index (χ2n) is 5.61. The van der Waals surface area contributed by atoms with E-state index in [0.29, 0.717) is 19.7 Å². The van der Waals surface area contributed by atoms with E-state index in [2.05, 4.69) is 0 Å². The van der Waals surface area contributed by atoms with Gasteiger partial charge in [0, 0.05) is 30.8 Å². The second-order valence-corrected chi connectivity index (χ2v) is 5.61. The quantitative estimate of drug-likeness (QED) is 0.816. The maximum Gasteiger partial charge on any atom is 0.254 e. The van der Waals surface area contributed by atoms with Crippen molar-refractivity contribution in [3.63, 3.8) is 0 Å².